The van der Waals surface area contributed by atoms with Gasteiger partial charge in [0, 0.05) is 41.2 Å². The van der Waals surface area contributed by atoms with Crippen LogP contribution in [0.15, 0.2) is 18.7 Å². The SMILES string of the molecule is CC(CCNc1nc(Cl)nc(-n2ccnc2)n1)S(C)=O. The molecule has 0 bridgehead atoms. The maximum absolute atomic E-state index is 11.3. The van der Waals surface area contributed by atoms with Gasteiger partial charge in [0.15, 0.2) is 0 Å². The largest absolute Gasteiger partial charge is 0.354 e. The maximum Gasteiger partial charge on any atom is 0.241 e. The number of hydrogen-bond donors (Lipinski definition) is 1. The van der Waals surface area contributed by atoms with Crippen LogP contribution in [0.2, 0.25) is 5.28 Å². The summed E-state index contributed by atoms with van der Waals surface area (Å²) in [5.74, 6) is 0.792. The monoisotopic (exact) mass is 314 g/mol. The van der Waals surface area contributed by atoms with E-state index in [2.05, 4.69) is 25.3 Å². The van der Waals surface area contributed by atoms with E-state index in [1.54, 1.807) is 29.5 Å². The van der Waals surface area contributed by atoms with Crippen molar-refractivity contribution in [1.82, 2.24) is 24.5 Å². The molecule has 108 valence electrons. The van der Waals surface area contributed by atoms with Gasteiger partial charge in [0.1, 0.15) is 6.33 Å². The normalized spacial score (nSPS) is 13.9. The van der Waals surface area contributed by atoms with Crippen molar-refractivity contribution < 1.29 is 4.21 Å². The molecule has 2 atom stereocenters. The summed E-state index contributed by atoms with van der Waals surface area (Å²) in [6.07, 6.45) is 7.38. The highest BCUT2D eigenvalue weighted by Gasteiger charge is 2.08. The van der Waals surface area contributed by atoms with E-state index in [1.807, 2.05) is 6.92 Å². The van der Waals surface area contributed by atoms with Crippen LogP contribution in [0.5, 0.6) is 0 Å². The summed E-state index contributed by atoms with van der Waals surface area (Å²) in [6.45, 7) is 2.56. The fourth-order valence-electron chi connectivity index (χ4n) is 1.46. The lowest BCUT2D eigenvalue weighted by Gasteiger charge is -2.10. The van der Waals surface area contributed by atoms with Gasteiger partial charge in [0.2, 0.25) is 17.2 Å². The van der Waals surface area contributed by atoms with E-state index < -0.39 is 10.8 Å². The first-order valence-corrected chi connectivity index (χ1v) is 8.02. The zero-order valence-corrected chi connectivity index (χ0v) is 12.7. The van der Waals surface area contributed by atoms with Crippen molar-refractivity contribution in [2.45, 2.75) is 18.6 Å². The van der Waals surface area contributed by atoms with E-state index in [9.17, 15) is 4.21 Å². The number of hydrogen-bond acceptors (Lipinski definition) is 6. The van der Waals surface area contributed by atoms with Gasteiger partial charge in [-0.2, -0.15) is 15.0 Å². The molecule has 2 aromatic rings. The highest BCUT2D eigenvalue weighted by molar-refractivity contribution is 7.84. The summed E-state index contributed by atoms with van der Waals surface area (Å²) in [5, 5.41) is 3.29. The Balaban J connectivity index is 2.03. The van der Waals surface area contributed by atoms with Gasteiger partial charge in [-0.05, 0) is 18.0 Å². The predicted octanol–water partition coefficient (Wildman–Crippen LogP) is 1.28. The van der Waals surface area contributed by atoms with Gasteiger partial charge in [-0.3, -0.25) is 8.78 Å². The zero-order valence-electron chi connectivity index (χ0n) is 11.2. The molecule has 20 heavy (non-hydrogen) atoms. The van der Waals surface area contributed by atoms with E-state index in [0.717, 1.165) is 6.42 Å². The molecule has 2 heterocycles. The Bertz CT molecular complexity index is 591. The van der Waals surface area contributed by atoms with Gasteiger partial charge in [-0.1, -0.05) is 6.92 Å². The molecule has 0 aliphatic rings. The lowest BCUT2D eigenvalue weighted by atomic mass is 10.3. The highest BCUT2D eigenvalue weighted by Crippen LogP contribution is 2.10. The first-order valence-electron chi connectivity index (χ1n) is 6.02. The molecule has 0 aliphatic carbocycles. The van der Waals surface area contributed by atoms with Gasteiger partial charge in [-0.25, -0.2) is 4.98 Å². The Morgan fingerprint density at radius 3 is 2.90 bits per heavy atom. The lowest BCUT2D eigenvalue weighted by molar-refractivity contribution is 0.672. The molecule has 0 saturated heterocycles. The molecule has 0 spiro atoms. The molecule has 2 rings (SSSR count). The summed E-state index contributed by atoms with van der Waals surface area (Å²) in [6, 6.07) is 0. The lowest BCUT2D eigenvalue weighted by Crippen LogP contribution is -2.16. The minimum absolute atomic E-state index is 0.110. The number of halogens is 1. The molecule has 0 aliphatic heterocycles. The van der Waals surface area contributed by atoms with Crippen LogP contribution < -0.4 is 5.32 Å². The van der Waals surface area contributed by atoms with Crippen molar-refractivity contribution in [3.05, 3.63) is 24.0 Å². The second-order valence-corrected chi connectivity index (χ2v) is 6.36. The van der Waals surface area contributed by atoms with Crippen LogP contribution in [0, 0.1) is 0 Å². The van der Waals surface area contributed by atoms with Gasteiger partial charge in [0.25, 0.3) is 0 Å². The summed E-state index contributed by atoms with van der Waals surface area (Å²) in [5.41, 5.74) is 0. The Morgan fingerprint density at radius 2 is 2.25 bits per heavy atom. The third-order valence-corrected chi connectivity index (χ3v) is 4.27. The summed E-state index contributed by atoms with van der Waals surface area (Å²) in [7, 11) is -0.833. The molecule has 2 aromatic heterocycles. The highest BCUT2D eigenvalue weighted by atomic mass is 35.5. The van der Waals surface area contributed by atoms with Crippen LogP contribution in [-0.4, -0.2) is 46.8 Å². The molecule has 0 saturated carbocycles. The molecule has 7 nitrogen and oxygen atoms in total. The van der Waals surface area contributed by atoms with Gasteiger partial charge < -0.3 is 5.32 Å². The van der Waals surface area contributed by atoms with E-state index in [4.69, 9.17) is 11.6 Å². The fourth-order valence-corrected chi connectivity index (χ4v) is 2.07. The number of imidazole rings is 1. The third-order valence-electron chi connectivity index (χ3n) is 2.73. The van der Waals surface area contributed by atoms with Crippen molar-refractivity contribution >= 4 is 28.3 Å². The molecule has 0 fully saturated rings. The molecule has 0 aromatic carbocycles. The van der Waals surface area contributed by atoms with E-state index in [0.29, 0.717) is 18.4 Å². The quantitative estimate of drug-likeness (QED) is 0.864. The van der Waals surface area contributed by atoms with Gasteiger partial charge in [-0.15, -0.1) is 0 Å². The number of anilines is 1. The summed E-state index contributed by atoms with van der Waals surface area (Å²) >= 11 is 5.87. The summed E-state index contributed by atoms with van der Waals surface area (Å²) < 4.78 is 12.9. The molecule has 0 amide bonds. The molecule has 9 heteroatoms. The Kier molecular flexibility index (Phi) is 5.02. The number of nitrogens with zero attached hydrogens (tertiary/aromatic N) is 5. The second-order valence-electron chi connectivity index (χ2n) is 4.22. The smallest absolute Gasteiger partial charge is 0.241 e. The minimum atomic E-state index is -0.833. The van der Waals surface area contributed by atoms with Crippen molar-refractivity contribution in [2.75, 3.05) is 18.1 Å². The Labute approximate surface area is 124 Å². The molecule has 2 unspecified atom stereocenters. The minimum Gasteiger partial charge on any atom is -0.354 e. The number of rotatable bonds is 6. The number of aromatic nitrogens is 5. The average molecular weight is 315 g/mol. The van der Waals surface area contributed by atoms with Gasteiger partial charge in [0.05, 0.1) is 0 Å². The van der Waals surface area contributed by atoms with Crippen LogP contribution >= 0.6 is 11.6 Å². The molecule has 0 radical (unpaired) electrons. The predicted molar refractivity (Wildman–Crippen MR) is 78.6 cm³/mol. The van der Waals surface area contributed by atoms with Crippen LogP contribution in [0.4, 0.5) is 5.95 Å². The maximum atomic E-state index is 11.3. The zero-order chi connectivity index (χ0) is 14.5. The van der Waals surface area contributed by atoms with E-state index in [-0.39, 0.29) is 10.5 Å². The second kappa shape index (κ2) is 6.76. The molecular weight excluding hydrogens is 300 g/mol. The van der Waals surface area contributed by atoms with Crippen LogP contribution in [0.3, 0.4) is 0 Å². The standard InChI is InChI=1S/C11H15ClN6OS/c1-8(20(2)19)3-4-14-10-15-9(12)16-11(17-10)18-6-5-13-7-18/h5-8H,3-4H2,1-2H3,(H,14,15,16,17). The van der Waals surface area contributed by atoms with Gasteiger partial charge >= 0.3 is 0 Å². The van der Waals surface area contributed by atoms with Crippen molar-refractivity contribution in [2.24, 2.45) is 0 Å². The topological polar surface area (TPSA) is 85.6 Å². The summed E-state index contributed by atoms with van der Waals surface area (Å²) in [4.78, 5) is 16.2. The first kappa shape index (κ1) is 14.9. The van der Waals surface area contributed by atoms with Crippen LogP contribution in [0.25, 0.3) is 5.95 Å². The van der Waals surface area contributed by atoms with Crippen LogP contribution in [-0.2, 0) is 10.8 Å². The van der Waals surface area contributed by atoms with E-state index >= 15 is 0 Å². The number of nitrogens with one attached hydrogen (secondary N) is 1. The molecular formula is C11H15ClN6OS. The van der Waals surface area contributed by atoms with Crippen LogP contribution in [0.1, 0.15) is 13.3 Å². The Morgan fingerprint density at radius 1 is 1.45 bits per heavy atom. The van der Waals surface area contributed by atoms with E-state index in [1.165, 1.54) is 0 Å². The van der Waals surface area contributed by atoms with Crippen molar-refractivity contribution in [1.29, 1.82) is 0 Å². The fraction of sp³-hybridized carbons (Fsp3) is 0.455. The van der Waals surface area contributed by atoms with Crippen molar-refractivity contribution in [3.8, 4) is 5.95 Å². The third kappa shape index (κ3) is 3.97. The molecule has 1 N–H and O–H groups in total. The Hall–Kier alpha value is -1.54. The van der Waals surface area contributed by atoms with Crippen molar-refractivity contribution in [3.63, 3.8) is 0 Å². The first-order chi connectivity index (χ1) is 9.56. The average Bonchev–Trinajstić information content (AvgIpc) is 2.91.